The molecule has 3 heterocycles. The topological polar surface area (TPSA) is 143 Å². The summed E-state index contributed by atoms with van der Waals surface area (Å²) in [6.07, 6.45) is -7.78. The molecule has 3 aromatic rings. The molecule has 5 N–H and O–H groups in total. The molecule has 0 bridgehead atoms. The van der Waals surface area contributed by atoms with Crippen LogP contribution in [0, 0.1) is 0 Å². The van der Waals surface area contributed by atoms with Gasteiger partial charge < -0.3 is 21.3 Å². The maximum atomic E-state index is 11.9. The number of aromatic nitrogens is 1. The number of thiophene rings is 1. The van der Waals surface area contributed by atoms with Crippen molar-refractivity contribution >= 4 is 34.9 Å². The Kier molecular flexibility index (Phi) is 9.22. The molecule has 4 rings (SSSR count). The zero-order chi connectivity index (χ0) is 28.0. The lowest BCUT2D eigenvalue weighted by atomic mass is 9.96. The number of alkyl halides is 6. The van der Waals surface area contributed by atoms with Crippen molar-refractivity contribution in [1.82, 2.24) is 4.98 Å². The smallest absolute Gasteiger partial charge is 0.475 e. The van der Waals surface area contributed by atoms with E-state index in [2.05, 4.69) is 22.4 Å². The molecule has 1 amide bonds. The van der Waals surface area contributed by atoms with Crippen molar-refractivity contribution in [1.29, 1.82) is 0 Å². The average Bonchev–Trinajstić information content (AvgIpc) is 3.18. The summed E-state index contributed by atoms with van der Waals surface area (Å²) in [4.78, 5) is 35.9. The quantitative estimate of drug-likeness (QED) is 0.347. The minimum atomic E-state index is -5.08. The number of aliphatic carboxylic acids is 2. The van der Waals surface area contributed by atoms with Gasteiger partial charge in [0, 0.05) is 41.0 Å². The van der Waals surface area contributed by atoms with Crippen LogP contribution in [-0.2, 0) is 22.6 Å². The highest BCUT2D eigenvalue weighted by atomic mass is 32.1. The second-order valence-electron chi connectivity index (χ2n) is 7.08. The molecular formula is C22H17F6N3O5S. The summed E-state index contributed by atoms with van der Waals surface area (Å²) in [7, 11) is 0. The standard InChI is InChI=1S/C18H15N3OS.2C2HF3O2/c19-18(22)17-13(9-11-5-3-4-8-20-11)14-10-21-15-7-2-1-6-12(15)16(14)23-17;2*3-2(4,5)1(6)7/h1-8,21H,9-10H2,(H2,19,22);2*(H,6,7). The third-order valence-electron chi connectivity index (χ3n) is 4.54. The summed E-state index contributed by atoms with van der Waals surface area (Å²) in [5.41, 5.74) is 11.0. The summed E-state index contributed by atoms with van der Waals surface area (Å²) >= 11 is 1.49. The number of amides is 1. The number of hydrogen-bond acceptors (Lipinski definition) is 6. The number of benzene rings is 1. The average molecular weight is 549 g/mol. The molecule has 0 saturated carbocycles. The van der Waals surface area contributed by atoms with Crippen molar-refractivity contribution in [2.45, 2.75) is 25.3 Å². The number of nitrogens with one attached hydrogen (secondary N) is 1. The van der Waals surface area contributed by atoms with Gasteiger partial charge in [0.1, 0.15) is 0 Å². The van der Waals surface area contributed by atoms with Gasteiger partial charge in [0.05, 0.1) is 4.88 Å². The van der Waals surface area contributed by atoms with Crippen LogP contribution >= 0.6 is 11.3 Å². The van der Waals surface area contributed by atoms with E-state index < -0.39 is 24.3 Å². The summed E-state index contributed by atoms with van der Waals surface area (Å²) in [6, 6.07) is 14.0. The molecule has 0 saturated heterocycles. The van der Waals surface area contributed by atoms with E-state index in [1.165, 1.54) is 11.3 Å². The van der Waals surface area contributed by atoms with Gasteiger partial charge in [-0.2, -0.15) is 26.3 Å². The number of rotatable bonds is 3. The monoisotopic (exact) mass is 549 g/mol. The normalized spacial score (nSPS) is 11.8. The summed E-state index contributed by atoms with van der Waals surface area (Å²) in [6.45, 7) is 0.707. The van der Waals surface area contributed by atoms with E-state index in [1.807, 2.05) is 30.3 Å². The lowest BCUT2D eigenvalue weighted by molar-refractivity contribution is -0.193. The SMILES string of the molecule is NC(=O)c1sc2c(c1Cc1ccccn1)CNc1ccccc1-2.O=C(O)C(F)(F)F.O=C(O)C(F)(F)F. The van der Waals surface area contributed by atoms with Crippen molar-refractivity contribution in [3.8, 4) is 10.4 Å². The maximum Gasteiger partial charge on any atom is 0.490 e. The third-order valence-corrected chi connectivity index (χ3v) is 5.86. The van der Waals surface area contributed by atoms with Crippen LogP contribution in [0.25, 0.3) is 10.4 Å². The van der Waals surface area contributed by atoms with Crippen molar-refractivity contribution in [3.05, 3.63) is 70.4 Å². The number of carboxylic acids is 2. The predicted octanol–water partition coefficient (Wildman–Crippen LogP) is 4.69. The third kappa shape index (κ3) is 7.93. The number of pyridine rings is 1. The number of fused-ring (bicyclic) bond motifs is 3. The lowest BCUT2D eigenvalue weighted by Gasteiger charge is -2.19. The summed E-state index contributed by atoms with van der Waals surface area (Å²) < 4.78 is 63.5. The van der Waals surface area contributed by atoms with Crippen LogP contribution in [0.2, 0.25) is 0 Å². The number of anilines is 1. The maximum absolute atomic E-state index is 11.9. The van der Waals surface area contributed by atoms with Crippen LogP contribution in [0.1, 0.15) is 26.5 Å². The number of nitrogens with two attached hydrogens (primary N) is 1. The van der Waals surface area contributed by atoms with Gasteiger partial charge in [0.25, 0.3) is 5.91 Å². The van der Waals surface area contributed by atoms with Gasteiger partial charge in [-0.3, -0.25) is 9.78 Å². The van der Waals surface area contributed by atoms with Gasteiger partial charge in [-0.15, -0.1) is 11.3 Å². The van der Waals surface area contributed by atoms with E-state index in [-0.39, 0.29) is 5.91 Å². The first-order chi connectivity index (χ1) is 17.1. The largest absolute Gasteiger partial charge is 0.490 e. The van der Waals surface area contributed by atoms with E-state index in [0.717, 1.165) is 32.9 Å². The molecule has 198 valence electrons. The number of halogens is 6. The van der Waals surface area contributed by atoms with E-state index in [9.17, 15) is 31.1 Å². The highest BCUT2D eigenvalue weighted by Crippen LogP contribution is 2.44. The van der Waals surface area contributed by atoms with Crippen LogP contribution < -0.4 is 11.1 Å². The molecule has 0 aliphatic carbocycles. The molecule has 1 aliphatic rings. The molecule has 37 heavy (non-hydrogen) atoms. The number of carbonyl (C=O) groups excluding carboxylic acids is 1. The van der Waals surface area contributed by atoms with E-state index in [0.29, 0.717) is 17.8 Å². The first-order valence-corrected chi connectivity index (χ1v) is 10.7. The Bertz CT molecular complexity index is 1250. The number of hydrogen-bond donors (Lipinski definition) is 4. The molecule has 1 aromatic carbocycles. The fraction of sp³-hybridized carbons (Fsp3) is 0.182. The van der Waals surface area contributed by atoms with Crippen LogP contribution in [0.15, 0.2) is 48.7 Å². The number of primary amides is 1. The first kappa shape index (κ1) is 29.1. The molecule has 1 aliphatic heterocycles. The fourth-order valence-corrected chi connectivity index (χ4v) is 4.22. The molecular weight excluding hydrogens is 532 g/mol. The molecule has 15 heteroatoms. The van der Waals surface area contributed by atoms with Gasteiger partial charge in [-0.25, -0.2) is 9.59 Å². The first-order valence-electron chi connectivity index (χ1n) is 9.90. The second-order valence-corrected chi connectivity index (χ2v) is 8.11. The summed E-state index contributed by atoms with van der Waals surface area (Å²) in [5, 5.41) is 17.7. The zero-order valence-corrected chi connectivity index (χ0v) is 19.2. The van der Waals surface area contributed by atoms with E-state index >= 15 is 0 Å². The molecule has 8 nitrogen and oxygen atoms in total. The molecule has 0 spiro atoms. The van der Waals surface area contributed by atoms with Crippen molar-refractivity contribution in [2.75, 3.05) is 5.32 Å². The van der Waals surface area contributed by atoms with Gasteiger partial charge in [-0.05, 0) is 29.3 Å². The van der Waals surface area contributed by atoms with Crippen LogP contribution in [0.4, 0.5) is 32.0 Å². The number of carbonyl (C=O) groups is 3. The van der Waals surface area contributed by atoms with E-state index in [4.69, 9.17) is 25.5 Å². The van der Waals surface area contributed by atoms with Crippen molar-refractivity contribution in [3.63, 3.8) is 0 Å². The summed E-state index contributed by atoms with van der Waals surface area (Å²) in [5.74, 6) is -5.88. The van der Waals surface area contributed by atoms with Crippen molar-refractivity contribution < 1.29 is 50.9 Å². The predicted molar refractivity (Wildman–Crippen MR) is 120 cm³/mol. The van der Waals surface area contributed by atoms with Crippen LogP contribution in [0.5, 0.6) is 0 Å². The number of para-hydroxylation sites is 1. The minimum Gasteiger partial charge on any atom is -0.475 e. The Morgan fingerprint density at radius 3 is 1.97 bits per heavy atom. The Labute approximate surface area is 208 Å². The fourth-order valence-electron chi connectivity index (χ4n) is 2.99. The Hall–Kier alpha value is -4.14. The molecule has 0 fully saturated rings. The Morgan fingerprint density at radius 1 is 0.946 bits per heavy atom. The van der Waals surface area contributed by atoms with Gasteiger partial charge in [-0.1, -0.05) is 24.3 Å². The van der Waals surface area contributed by atoms with Gasteiger partial charge >= 0.3 is 24.3 Å². The van der Waals surface area contributed by atoms with Crippen molar-refractivity contribution in [2.24, 2.45) is 5.73 Å². The number of carboxylic acid groups (broad SMARTS) is 2. The number of nitrogens with zero attached hydrogens (tertiary/aromatic N) is 1. The van der Waals surface area contributed by atoms with Crippen LogP contribution in [-0.4, -0.2) is 45.4 Å². The highest BCUT2D eigenvalue weighted by molar-refractivity contribution is 7.18. The molecule has 2 aromatic heterocycles. The molecule has 0 radical (unpaired) electrons. The lowest BCUT2D eigenvalue weighted by Crippen LogP contribution is -2.21. The Balaban J connectivity index is 0.000000286. The highest BCUT2D eigenvalue weighted by Gasteiger charge is 2.38. The van der Waals surface area contributed by atoms with Crippen LogP contribution in [0.3, 0.4) is 0 Å². The molecule has 0 unspecified atom stereocenters. The van der Waals surface area contributed by atoms with Gasteiger partial charge in [0.2, 0.25) is 0 Å². The van der Waals surface area contributed by atoms with Gasteiger partial charge in [0.15, 0.2) is 0 Å². The minimum absolute atomic E-state index is 0.368. The zero-order valence-electron chi connectivity index (χ0n) is 18.4. The van der Waals surface area contributed by atoms with E-state index in [1.54, 1.807) is 6.20 Å². The Morgan fingerprint density at radius 2 is 1.49 bits per heavy atom. The second kappa shape index (κ2) is 11.7. The molecule has 0 atom stereocenters.